The van der Waals surface area contributed by atoms with Gasteiger partial charge >= 0.3 is 16.3 Å². The van der Waals surface area contributed by atoms with E-state index >= 15 is 0 Å². The Kier molecular flexibility index (Phi) is 2.43. The van der Waals surface area contributed by atoms with Crippen molar-refractivity contribution in [1.29, 1.82) is 0 Å². The van der Waals surface area contributed by atoms with Crippen LogP contribution in [0.4, 0.5) is 13.2 Å². The van der Waals surface area contributed by atoms with E-state index in [1.165, 1.54) is 0 Å². The van der Waals surface area contributed by atoms with Crippen LogP contribution in [0.2, 0.25) is 0 Å². The fourth-order valence-corrected chi connectivity index (χ4v) is 2.56. The molecule has 0 bridgehead atoms. The number of benzene rings is 2. The predicted octanol–water partition coefficient (Wildman–Crippen LogP) is 3.02. The second-order valence-electron chi connectivity index (χ2n) is 4.84. The summed E-state index contributed by atoms with van der Waals surface area (Å²) >= 11 is 0. The smallest absolute Gasteiger partial charge is 0.416 e. The molecule has 0 unspecified atom stereocenters. The molecule has 0 spiro atoms. The molecule has 3 rings (SSSR count). The van der Waals surface area contributed by atoms with Crippen molar-refractivity contribution in [1.82, 2.24) is 0 Å². The molecule has 0 aliphatic carbocycles. The molecule has 2 aromatic carbocycles. The van der Waals surface area contributed by atoms with Crippen molar-refractivity contribution in [2.24, 2.45) is 5.73 Å². The summed E-state index contributed by atoms with van der Waals surface area (Å²) in [6.45, 7) is 0. The van der Waals surface area contributed by atoms with Crippen molar-refractivity contribution < 1.29 is 51.8 Å². The van der Waals surface area contributed by atoms with Crippen LogP contribution in [0.1, 0.15) is 39.2 Å². The van der Waals surface area contributed by atoms with Gasteiger partial charge in [0.25, 0.3) is 0 Å². The topological polar surface area (TPSA) is 95.7 Å². The molecule has 148 valence electrons. The Hall–Kier alpha value is -3.01. The van der Waals surface area contributed by atoms with Crippen LogP contribution in [0.25, 0.3) is 0 Å². The molecule has 0 radical (unpaired) electrons. The average molecular weight is 425 g/mol. The van der Waals surface area contributed by atoms with Crippen molar-refractivity contribution in [3.63, 3.8) is 0 Å². The first kappa shape index (κ1) is 9.46. The van der Waals surface area contributed by atoms with Gasteiger partial charge in [-0.05, 0) is 17.6 Å². The Morgan fingerprint density at radius 1 is 1.18 bits per heavy atom. The Bertz CT molecular complexity index is 1570. The molecule has 1 aliphatic rings. The summed E-state index contributed by atoms with van der Waals surface area (Å²) in [4.78, 5) is 13.0. The molecule has 0 saturated carbocycles. The first-order valence-electron chi connectivity index (χ1n) is 12.9. The van der Waals surface area contributed by atoms with Gasteiger partial charge in [-0.25, -0.2) is 0 Å². The highest BCUT2D eigenvalue weighted by molar-refractivity contribution is 7.86. The molecule has 0 fully saturated rings. The van der Waals surface area contributed by atoms with Gasteiger partial charge in [0.15, 0.2) is 6.08 Å². The first-order chi connectivity index (χ1) is 17.9. The van der Waals surface area contributed by atoms with Gasteiger partial charge in [0, 0.05) is 5.56 Å². The zero-order valence-electron chi connectivity index (χ0n) is 25.2. The number of rotatable bonds is 5. The van der Waals surface area contributed by atoms with E-state index in [0.29, 0.717) is 0 Å². The van der Waals surface area contributed by atoms with Crippen LogP contribution >= 0.6 is 0 Å². The van der Waals surface area contributed by atoms with E-state index in [1.807, 2.05) is 0 Å². The zero-order valence-corrected chi connectivity index (χ0v) is 14.0. The van der Waals surface area contributed by atoms with Gasteiger partial charge in [-0.1, -0.05) is 42.3 Å². The number of nitrogens with two attached hydrogens (primary N) is 1. The maximum atomic E-state index is 13.3. The minimum atomic E-state index is -5.92. The number of carbonyl (C=O) groups excluding carboxylic acids is 1. The van der Waals surface area contributed by atoms with E-state index in [1.54, 1.807) is 0 Å². The molecule has 0 aromatic heterocycles. The standard InChI is InChI=1S/C18H14F3NO5S/c19-18(20,21)13-8-6-12(7-9-13)15-14(23)16(17(22)26-15)27-28(24,25)10-11-4-2-1-3-5-11/h1-9,15H,10,22H2/t15-/m1/s1/i1D,2D,3D,4D,5D,6D,7D,8D,9D,10D2,15D. The lowest BCUT2D eigenvalue weighted by Gasteiger charge is -2.12. The van der Waals surface area contributed by atoms with Gasteiger partial charge in [0.05, 0.1) is 22.0 Å². The number of ether oxygens (including phenoxy) is 1. The summed E-state index contributed by atoms with van der Waals surface area (Å²) in [7, 11) is -5.92. The van der Waals surface area contributed by atoms with Crippen LogP contribution in [0.15, 0.2) is 66.0 Å². The van der Waals surface area contributed by atoms with Crippen LogP contribution in [-0.4, -0.2) is 14.2 Å². The van der Waals surface area contributed by atoms with E-state index in [2.05, 4.69) is 4.18 Å². The summed E-state index contributed by atoms with van der Waals surface area (Å²) in [5.74, 6) is -5.05. The van der Waals surface area contributed by atoms with E-state index in [0.717, 1.165) is 0 Å². The molecule has 2 N–H and O–H groups in total. The molecule has 10 heteroatoms. The van der Waals surface area contributed by atoms with Gasteiger partial charge < -0.3 is 14.7 Å². The van der Waals surface area contributed by atoms with Crippen LogP contribution in [0, 0.1) is 0 Å². The Morgan fingerprint density at radius 3 is 2.36 bits per heavy atom. The van der Waals surface area contributed by atoms with Gasteiger partial charge in [0.1, 0.15) is 5.70 Å². The fourth-order valence-electron chi connectivity index (χ4n) is 1.79. The molecule has 6 nitrogen and oxygen atoms in total. The van der Waals surface area contributed by atoms with Gasteiger partial charge in [-0.2, -0.15) is 21.6 Å². The maximum Gasteiger partial charge on any atom is 0.416 e. The number of alkyl halides is 3. The lowest BCUT2D eigenvalue weighted by atomic mass is 10.0. The highest BCUT2D eigenvalue weighted by atomic mass is 32.2. The molecule has 1 aliphatic heterocycles. The average Bonchev–Trinajstić information content (AvgIpc) is 3.02. The first-order valence-corrected chi connectivity index (χ1v) is 8.28. The number of hydrogen-bond donors (Lipinski definition) is 1. The zero-order chi connectivity index (χ0) is 31.1. The third-order valence-electron chi connectivity index (χ3n) is 2.90. The van der Waals surface area contributed by atoms with Crippen LogP contribution < -0.4 is 5.73 Å². The largest absolute Gasteiger partial charge is 0.460 e. The third kappa shape index (κ3) is 4.28. The van der Waals surface area contributed by atoms with E-state index in [4.69, 9.17) is 26.9 Å². The second-order valence-corrected chi connectivity index (χ2v) is 6.12. The van der Waals surface area contributed by atoms with Crippen LogP contribution in [-0.2, 0) is 35.7 Å². The quantitative estimate of drug-likeness (QED) is 0.740. The van der Waals surface area contributed by atoms with Crippen molar-refractivity contribution in [2.75, 3.05) is 0 Å². The Balaban J connectivity index is 2.14. The lowest BCUT2D eigenvalue weighted by Crippen LogP contribution is -2.16. The lowest BCUT2D eigenvalue weighted by molar-refractivity contribution is -0.137. The summed E-state index contributed by atoms with van der Waals surface area (Å²) in [6.07, 6.45) is -8.93. The highest BCUT2D eigenvalue weighted by Gasteiger charge is 2.40. The predicted molar refractivity (Wildman–Crippen MR) is 91.6 cm³/mol. The second kappa shape index (κ2) is 7.19. The molecule has 1 heterocycles. The minimum absolute atomic E-state index is 0.991. The Labute approximate surface area is 175 Å². The monoisotopic (exact) mass is 425 g/mol. The molecule has 0 saturated heterocycles. The number of Topliss-reactive ketones (excluding diaryl/α,β-unsaturated/α-hetero) is 1. The molecule has 2 aromatic rings. The summed E-state index contributed by atoms with van der Waals surface area (Å²) < 4.78 is 168. The summed E-state index contributed by atoms with van der Waals surface area (Å²) in [5.41, 5.74) is -3.43. The normalized spacial score (nSPS) is 26.8. The molecule has 28 heavy (non-hydrogen) atoms. The number of carbonyl (C=O) groups is 1. The number of hydrogen-bond acceptors (Lipinski definition) is 6. The van der Waals surface area contributed by atoms with Crippen LogP contribution in [0.3, 0.4) is 0 Å². The molecular weight excluding hydrogens is 399 g/mol. The minimum Gasteiger partial charge on any atom is -0.460 e. The molecule has 0 amide bonds. The maximum absolute atomic E-state index is 13.3. The summed E-state index contributed by atoms with van der Waals surface area (Å²) in [6, 6.07) is -12.4. The van der Waals surface area contributed by atoms with Crippen LogP contribution in [0.5, 0.6) is 0 Å². The summed E-state index contributed by atoms with van der Waals surface area (Å²) in [5, 5.41) is 0. The molecule has 1 atom stereocenters. The van der Waals surface area contributed by atoms with Crippen molar-refractivity contribution >= 4 is 15.9 Å². The third-order valence-corrected chi connectivity index (χ3v) is 3.74. The van der Waals surface area contributed by atoms with E-state index in [-0.39, 0.29) is 0 Å². The number of ketones is 1. The number of halogens is 3. The van der Waals surface area contributed by atoms with Crippen molar-refractivity contribution in [2.45, 2.75) is 18.0 Å². The fraction of sp³-hybridized carbons (Fsp3) is 0.167. The van der Waals surface area contributed by atoms with Gasteiger partial charge in [-0.15, -0.1) is 0 Å². The SMILES string of the molecule is [2H]c1c([2H])c([2H])c(C([2H])([2H])S(=O)(=O)OC2=C(N)O[C@]([2H])(c3c([2H])c([2H])c(C(F)(F)F)c([2H])c3[2H])C2=O)c([2H])c1[2H]. The Morgan fingerprint density at radius 2 is 1.79 bits per heavy atom. The van der Waals surface area contributed by atoms with Crippen molar-refractivity contribution in [3.05, 3.63) is 82.7 Å². The highest BCUT2D eigenvalue weighted by Crippen LogP contribution is 2.35. The molecular formula is C18H14F3NO5S. The van der Waals surface area contributed by atoms with Gasteiger partial charge in [-0.3, -0.25) is 4.79 Å². The van der Waals surface area contributed by atoms with Gasteiger partial charge in [0.2, 0.25) is 17.4 Å². The van der Waals surface area contributed by atoms with E-state index in [9.17, 15) is 26.4 Å². The van der Waals surface area contributed by atoms with Crippen molar-refractivity contribution in [3.8, 4) is 0 Å². The van der Waals surface area contributed by atoms with E-state index < -0.39 is 117 Å².